The zero-order valence-corrected chi connectivity index (χ0v) is 19.3. The first-order valence-corrected chi connectivity index (χ1v) is 12.1. The van der Waals surface area contributed by atoms with Crippen molar-refractivity contribution in [2.24, 2.45) is 11.3 Å². The van der Waals surface area contributed by atoms with E-state index < -0.39 is 0 Å². The number of anilines is 2. The normalized spacial score (nSPS) is 24.4. The number of carbonyl (C=O) groups is 1. The molecule has 1 atom stereocenters. The zero-order chi connectivity index (χ0) is 21.6. The fraction of sp³-hybridized carbons (Fsp3) is 0.370. The Kier molecular flexibility index (Phi) is 5.13. The molecular formula is C27H30N2OS. The average Bonchev–Trinajstić information content (AvgIpc) is 3.03. The van der Waals surface area contributed by atoms with Crippen molar-refractivity contribution in [3.63, 3.8) is 0 Å². The third kappa shape index (κ3) is 3.67. The zero-order valence-electron chi connectivity index (χ0n) is 18.5. The molecular weight excluding hydrogens is 400 g/mol. The van der Waals surface area contributed by atoms with Crippen molar-refractivity contribution in [3.8, 4) is 11.1 Å². The van der Waals surface area contributed by atoms with Gasteiger partial charge in [0.15, 0.2) is 0 Å². The molecule has 2 saturated carbocycles. The van der Waals surface area contributed by atoms with Crippen LogP contribution in [0.25, 0.3) is 11.1 Å². The molecule has 2 aromatic carbocycles. The topological polar surface area (TPSA) is 41.1 Å². The number of aryl methyl sites for hydroxylation is 2. The third-order valence-corrected chi connectivity index (χ3v) is 8.53. The maximum absolute atomic E-state index is 13.2. The molecule has 2 aliphatic rings. The Balaban J connectivity index is 1.30. The van der Waals surface area contributed by atoms with Crippen molar-refractivity contribution in [1.29, 1.82) is 0 Å². The van der Waals surface area contributed by atoms with E-state index in [1.807, 2.05) is 13.0 Å². The van der Waals surface area contributed by atoms with Crippen molar-refractivity contribution in [2.45, 2.75) is 52.5 Å². The Morgan fingerprint density at radius 3 is 2.26 bits per heavy atom. The molecule has 0 aliphatic heterocycles. The number of rotatable bonds is 5. The Morgan fingerprint density at radius 1 is 0.968 bits per heavy atom. The smallest absolute Gasteiger partial charge is 0.254 e. The van der Waals surface area contributed by atoms with E-state index in [0.29, 0.717) is 11.5 Å². The van der Waals surface area contributed by atoms with Crippen molar-refractivity contribution >= 4 is 28.6 Å². The van der Waals surface area contributed by atoms with Crippen molar-refractivity contribution in [1.82, 2.24) is 5.32 Å². The van der Waals surface area contributed by atoms with Crippen LogP contribution in [-0.2, 0) is 0 Å². The van der Waals surface area contributed by atoms with E-state index in [-0.39, 0.29) is 5.91 Å². The molecule has 160 valence electrons. The number of carbonyl (C=O) groups excluding carboxylic acids is 1. The van der Waals surface area contributed by atoms with Crippen molar-refractivity contribution < 1.29 is 4.79 Å². The number of nitrogens with one attached hydrogen (secondary N) is 2. The number of thiophene rings is 1. The summed E-state index contributed by atoms with van der Waals surface area (Å²) in [5, 5.41) is 6.84. The van der Waals surface area contributed by atoms with Crippen LogP contribution in [0.4, 0.5) is 11.4 Å². The molecule has 1 unspecified atom stereocenters. The van der Waals surface area contributed by atoms with Crippen LogP contribution in [0.15, 0.2) is 54.6 Å². The van der Waals surface area contributed by atoms with Gasteiger partial charge in [-0.15, -0.1) is 11.3 Å². The van der Waals surface area contributed by atoms with Gasteiger partial charge in [0, 0.05) is 21.5 Å². The molecule has 5 rings (SSSR count). The van der Waals surface area contributed by atoms with E-state index in [9.17, 15) is 4.79 Å². The molecule has 3 nitrogen and oxygen atoms in total. The average molecular weight is 431 g/mol. The molecule has 1 amide bonds. The molecule has 0 saturated heterocycles. The van der Waals surface area contributed by atoms with Crippen LogP contribution in [-0.4, -0.2) is 11.9 Å². The second kappa shape index (κ2) is 7.83. The van der Waals surface area contributed by atoms with Gasteiger partial charge < -0.3 is 10.6 Å². The van der Waals surface area contributed by atoms with Crippen LogP contribution >= 0.6 is 11.3 Å². The Labute approximate surface area is 188 Å². The predicted octanol–water partition coefficient (Wildman–Crippen LogP) is 7.08. The molecule has 1 spiro atoms. The van der Waals surface area contributed by atoms with E-state index in [2.05, 4.69) is 73.0 Å². The number of amides is 1. The quantitative estimate of drug-likeness (QED) is 0.454. The number of benzene rings is 2. The van der Waals surface area contributed by atoms with Gasteiger partial charge in [-0.1, -0.05) is 49.4 Å². The first-order chi connectivity index (χ1) is 14.9. The second-order valence-electron chi connectivity index (χ2n) is 9.41. The molecule has 4 heteroatoms. The van der Waals surface area contributed by atoms with E-state index in [1.54, 1.807) is 11.3 Å². The SMILES string of the molecule is Cc1sc(C)c(C(=O)NC2CC3(CCC3C)C2)c1Nc1ccc(-c2ccccc2)cc1. The third-order valence-electron chi connectivity index (χ3n) is 7.51. The maximum Gasteiger partial charge on any atom is 0.254 e. The van der Waals surface area contributed by atoms with E-state index in [0.717, 1.165) is 45.5 Å². The summed E-state index contributed by atoms with van der Waals surface area (Å²) in [6, 6.07) is 19.1. The van der Waals surface area contributed by atoms with Gasteiger partial charge in [-0.2, -0.15) is 0 Å². The summed E-state index contributed by atoms with van der Waals surface area (Å²) in [7, 11) is 0. The van der Waals surface area contributed by atoms with Crippen LogP contribution in [0.1, 0.15) is 52.7 Å². The van der Waals surface area contributed by atoms with E-state index >= 15 is 0 Å². The summed E-state index contributed by atoms with van der Waals surface area (Å²) in [4.78, 5) is 15.4. The van der Waals surface area contributed by atoms with Gasteiger partial charge in [0.1, 0.15) is 0 Å². The Bertz CT molecular complexity index is 1090. The molecule has 2 aliphatic carbocycles. The first-order valence-electron chi connectivity index (χ1n) is 11.3. The summed E-state index contributed by atoms with van der Waals surface area (Å²) in [5.74, 6) is 0.888. The fourth-order valence-electron chi connectivity index (χ4n) is 5.36. The lowest BCUT2D eigenvalue weighted by Crippen LogP contribution is -2.57. The Hall–Kier alpha value is -2.59. The largest absolute Gasteiger partial charge is 0.354 e. The van der Waals surface area contributed by atoms with Crippen LogP contribution in [0.2, 0.25) is 0 Å². The van der Waals surface area contributed by atoms with Gasteiger partial charge in [0.05, 0.1) is 11.3 Å². The van der Waals surface area contributed by atoms with Crippen molar-refractivity contribution in [2.75, 3.05) is 5.32 Å². The summed E-state index contributed by atoms with van der Waals surface area (Å²) in [6.45, 7) is 6.50. The summed E-state index contributed by atoms with van der Waals surface area (Å²) < 4.78 is 0. The molecule has 0 radical (unpaired) electrons. The first kappa shape index (κ1) is 20.3. The lowest BCUT2D eigenvalue weighted by atomic mass is 9.49. The van der Waals surface area contributed by atoms with Crippen LogP contribution in [0.5, 0.6) is 0 Å². The predicted molar refractivity (Wildman–Crippen MR) is 130 cm³/mol. The van der Waals surface area contributed by atoms with Gasteiger partial charge in [0.25, 0.3) is 5.91 Å². The molecule has 3 aromatic rings. The highest BCUT2D eigenvalue weighted by atomic mass is 32.1. The monoisotopic (exact) mass is 430 g/mol. The van der Waals surface area contributed by atoms with Crippen LogP contribution in [0, 0.1) is 25.2 Å². The minimum atomic E-state index is 0.0667. The van der Waals surface area contributed by atoms with Gasteiger partial charge in [0.2, 0.25) is 0 Å². The summed E-state index contributed by atoms with van der Waals surface area (Å²) in [5.41, 5.74) is 5.66. The summed E-state index contributed by atoms with van der Waals surface area (Å²) in [6.07, 6.45) is 4.97. The molecule has 2 N–H and O–H groups in total. The molecule has 31 heavy (non-hydrogen) atoms. The van der Waals surface area contributed by atoms with Crippen LogP contribution < -0.4 is 10.6 Å². The van der Waals surface area contributed by atoms with Gasteiger partial charge in [-0.3, -0.25) is 4.79 Å². The highest BCUT2D eigenvalue weighted by Gasteiger charge is 2.53. The van der Waals surface area contributed by atoms with E-state index in [1.165, 1.54) is 24.0 Å². The van der Waals surface area contributed by atoms with Gasteiger partial charge >= 0.3 is 0 Å². The lowest BCUT2D eigenvalue weighted by molar-refractivity contribution is -0.0599. The van der Waals surface area contributed by atoms with Crippen molar-refractivity contribution in [3.05, 3.63) is 69.9 Å². The number of hydrogen-bond acceptors (Lipinski definition) is 3. The highest BCUT2D eigenvalue weighted by Crippen LogP contribution is 2.59. The minimum Gasteiger partial charge on any atom is -0.354 e. The Morgan fingerprint density at radius 2 is 1.65 bits per heavy atom. The lowest BCUT2D eigenvalue weighted by Gasteiger charge is -2.58. The number of hydrogen-bond donors (Lipinski definition) is 2. The fourth-order valence-corrected chi connectivity index (χ4v) is 6.37. The standard InChI is InChI=1S/C27H30N2OS/c1-17-13-14-27(17)15-23(16-27)29-26(30)24-18(2)31-19(3)25(24)28-22-11-9-21(10-12-22)20-7-5-4-6-8-20/h4-12,17,23,28H,13-16H2,1-3H3,(H,29,30). The van der Waals surface area contributed by atoms with Gasteiger partial charge in [-0.25, -0.2) is 0 Å². The maximum atomic E-state index is 13.2. The molecule has 1 heterocycles. The summed E-state index contributed by atoms with van der Waals surface area (Å²) >= 11 is 1.69. The van der Waals surface area contributed by atoms with Crippen LogP contribution in [0.3, 0.4) is 0 Å². The molecule has 0 bridgehead atoms. The van der Waals surface area contributed by atoms with Gasteiger partial charge in [-0.05, 0) is 74.1 Å². The second-order valence-corrected chi connectivity index (χ2v) is 10.8. The molecule has 1 aromatic heterocycles. The van der Waals surface area contributed by atoms with E-state index in [4.69, 9.17) is 0 Å². The molecule has 2 fully saturated rings. The highest BCUT2D eigenvalue weighted by molar-refractivity contribution is 7.12. The minimum absolute atomic E-state index is 0.0667.